The van der Waals surface area contributed by atoms with E-state index in [2.05, 4.69) is 0 Å². The Morgan fingerprint density at radius 1 is 1.25 bits per heavy atom. The van der Waals surface area contributed by atoms with Gasteiger partial charge in [0.25, 0.3) is 0 Å². The van der Waals surface area contributed by atoms with Gasteiger partial charge in [-0.25, -0.2) is 0 Å². The Bertz CT molecular complexity index is 98.3. The van der Waals surface area contributed by atoms with E-state index in [1.54, 1.807) is 18.7 Å². The molecule has 4 heteroatoms. The molecule has 12 heavy (non-hydrogen) atoms. The number of rotatable bonds is 7. The Kier molecular flexibility index (Phi) is 8.01. The van der Waals surface area contributed by atoms with Crippen LogP contribution in [0.1, 0.15) is 19.8 Å². The maximum atomic E-state index is 9.28. The smallest absolute Gasteiger partial charge is 0.0572 e. The lowest BCUT2D eigenvalue weighted by Crippen LogP contribution is -2.15. The third kappa shape index (κ3) is 8.33. The van der Waals surface area contributed by atoms with Crippen molar-refractivity contribution in [2.24, 2.45) is 0 Å². The fraction of sp³-hybridized carbons (Fsp3) is 1.00. The highest BCUT2D eigenvalue weighted by Gasteiger charge is 2.06. The van der Waals surface area contributed by atoms with E-state index in [-0.39, 0.29) is 6.61 Å². The van der Waals surface area contributed by atoms with Crippen LogP contribution in [0.15, 0.2) is 0 Å². The minimum Gasteiger partial charge on any atom is -0.396 e. The van der Waals surface area contributed by atoms with Crippen LogP contribution in [0, 0.1) is 0 Å². The lowest BCUT2D eigenvalue weighted by Gasteiger charge is -2.11. The van der Waals surface area contributed by atoms with Crippen molar-refractivity contribution < 1.29 is 15.3 Å². The lowest BCUT2D eigenvalue weighted by atomic mass is 10.1. The summed E-state index contributed by atoms with van der Waals surface area (Å²) in [6.45, 7) is 1.86. The molecule has 0 aromatic rings. The summed E-state index contributed by atoms with van der Waals surface area (Å²) in [7, 11) is 0. The van der Waals surface area contributed by atoms with Gasteiger partial charge >= 0.3 is 0 Å². The zero-order valence-electron chi connectivity index (χ0n) is 7.44. The van der Waals surface area contributed by atoms with E-state index in [4.69, 9.17) is 10.2 Å². The summed E-state index contributed by atoms with van der Waals surface area (Å²) in [5, 5.41) is 26.7. The van der Waals surface area contributed by atoms with Gasteiger partial charge in [0, 0.05) is 5.75 Å². The van der Waals surface area contributed by atoms with Crippen LogP contribution in [-0.4, -0.2) is 45.6 Å². The molecule has 0 aliphatic carbocycles. The summed E-state index contributed by atoms with van der Waals surface area (Å²) < 4.78 is 0. The first kappa shape index (κ1) is 12.2. The van der Waals surface area contributed by atoms with E-state index in [9.17, 15) is 5.11 Å². The van der Waals surface area contributed by atoms with E-state index in [0.717, 1.165) is 11.5 Å². The molecular formula is C8H18O3S. The van der Waals surface area contributed by atoms with Gasteiger partial charge in [0.1, 0.15) is 0 Å². The van der Waals surface area contributed by atoms with Crippen LogP contribution in [0.25, 0.3) is 0 Å². The molecule has 0 saturated carbocycles. The van der Waals surface area contributed by atoms with Gasteiger partial charge < -0.3 is 15.3 Å². The van der Waals surface area contributed by atoms with Crippen LogP contribution in [0.4, 0.5) is 0 Å². The predicted octanol–water partition coefficient (Wildman–Crippen LogP) is 0.234. The molecule has 0 saturated heterocycles. The highest BCUT2D eigenvalue weighted by atomic mass is 32.2. The van der Waals surface area contributed by atoms with E-state index < -0.39 is 12.2 Å². The van der Waals surface area contributed by atoms with Crippen molar-refractivity contribution in [3.8, 4) is 0 Å². The van der Waals surface area contributed by atoms with Crippen molar-refractivity contribution in [2.45, 2.75) is 32.0 Å². The Labute approximate surface area is 77.8 Å². The molecule has 2 unspecified atom stereocenters. The fourth-order valence-corrected chi connectivity index (χ4v) is 1.67. The Hall–Kier alpha value is 0.230. The molecule has 0 radical (unpaired) electrons. The van der Waals surface area contributed by atoms with Crippen LogP contribution in [0.5, 0.6) is 0 Å². The molecule has 0 amide bonds. The van der Waals surface area contributed by atoms with Crippen molar-refractivity contribution in [3.63, 3.8) is 0 Å². The summed E-state index contributed by atoms with van der Waals surface area (Å²) in [5.74, 6) is 1.57. The highest BCUT2D eigenvalue weighted by molar-refractivity contribution is 7.99. The van der Waals surface area contributed by atoms with Crippen LogP contribution in [0.2, 0.25) is 0 Å². The normalized spacial score (nSPS) is 16.0. The monoisotopic (exact) mass is 194 g/mol. The maximum Gasteiger partial charge on any atom is 0.0572 e. The third-order valence-electron chi connectivity index (χ3n) is 1.44. The van der Waals surface area contributed by atoms with Gasteiger partial charge in [-0.3, -0.25) is 0 Å². The van der Waals surface area contributed by atoms with E-state index in [1.807, 2.05) is 0 Å². The second-order valence-corrected chi connectivity index (χ2v) is 4.09. The van der Waals surface area contributed by atoms with E-state index in [0.29, 0.717) is 12.8 Å². The highest BCUT2D eigenvalue weighted by Crippen LogP contribution is 2.08. The van der Waals surface area contributed by atoms with Gasteiger partial charge in [-0.15, -0.1) is 0 Å². The summed E-state index contributed by atoms with van der Waals surface area (Å²) in [6.07, 6.45) is 0.300. The van der Waals surface area contributed by atoms with Gasteiger partial charge in [0.15, 0.2) is 0 Å². The van der Waals surface area contributed by atoms with Gasteiger partial charge in [-0.2, -0.15) is 11.8 Å². The molecular weight excluding hydrogens is 176 g/mol. The summed E-state index contributed by atoms with van der Waals surface area (Å²) in [5.41, 5.74) is 0. The summed E-state index contributed by atoms with van der Waals surface area (Å²) >= 11 is 1.62. The Morgan fingerprint density at radius 2 is 1.92 bits per heavy atom. The molecule has 0 fully saturated rings. The first-order chi connectivity index (χ1) is 5.66. The molecule has 3 nitrogen and oxygen atoms in total. The van der Waals surface area contributed by atoms with Gasteiger partial charge in [0.2, 0.25) is 0 Å². The zero-order valence-corrected chi connectivity index (χ0v) is 8.26. The van der Waals surface area contributed by atoms with Crippen molar-refractivity contribution in [1.29, 1.82) is 0 Å². The minimum absolute atomic E-state index is 0.192. The number of hydrogen-bond donors (Lipinski definition) is 3. The molecule has 74 valence electrons. The fourth-order valence-electron chi connectivity index (χ4n) is 0.898. The van der Waals surface area contributed by atoms with Crippen molar-refractivity contribution in [2.75, 3.05) is 18.1 Å². The average molecular weight is 194 g/mol. The largest absolute Gasteiger partial charge is 0.396 e. The van der Waals surface area contributed by atoms with Crippen molar-refractivity contribution in [3.05, 3.63) is 0 Å². The predicted molar refractivity (Wildman–Crippen MR) is 51.3 cm³/mol. The van der Waals surface area contributed by atoms with Crippen LogP contribution in [0.3, 0.4) is 0 Å². The molecule has 0 aliphatic heterocycles. The van der Waals surface area contributed by atoms with Crippen molar-refractivity contribution >= 4 is 11.8 Å². The number of aliphatic hydroxyl groups excluding tert-OH is 3. The van der Waals surface area contributed by atoms with Crippen molar-refractivity contribution in [1.82, 2.24) is 0 Å². The molecule has 0 aromatic heterocycles. The quantitative estimate of drug-likeness (QED) is 0.508. The molecule has 0 bridgehead atoms. The Balaban J connectivity index is 3.14. The average Bonchev–Trinajstić information content (AvgIpc) is 1.97. The third-order valence-corrected chi connectivity index (χ3v) is 2.44. The first-order valence-corrected chi connectivity index (χ1v) is 5.37. The maximum absolute atomic E-state index is 9.28. The minimum atomic E-state index is -0.428. The van der Waals surface area contributed by atoms with Crippen LogP contribution >= 0.6 is 11.8 Å². The number of hydrogen-bond acceptors (Lipinski definition) is 4. The topological polar surface area (TPSA) is 60.7 Å². The standard InChI is InChI=1S/C8H18O3S/c1-7(10)6-8(11)2-4-12-5-3-9/h7-11H,2-6H2,1H3. The molecule has 0 heterocycles. The number of thioether (sulfide) groups is 1. The summed E-state index contributed by atoms with van der Waals surface area (Å²) in [6, 6.07) is 0. The molecule has 2 atom stereocenters. The van der Waals surface area contributed by atoms with Crippen LogP contribution in [-0.2, 0) is 0 Å². The second-order valence-electron chi connectivity index (χ2n) is 2.86. The van der Waals surface area contributed by atoms with Gasteiger partial charge in [0.05, 0.1) is 18.8 Å². The summed E-state index contributed by atoms with van der Waals surface area (Å²) in [4.78, 5) is 0. The number of aliphatic hydroxyl groups is 3. The van der Waals surface area contributed by atoms with Gasteiger partial charge in [-0.1, -0.05) is 0 Å². The van der Waals surface area contributed by atoms with Crippen LogP contribution < -0.4 is 0 Å². The molecule has 3 N–H and O–H groups in total. The van der Waals surface area contributed by atoms with E-state index >= 15 is 0 Å². The second kappa shape index (κ2) is 7.86. The molecule has 0 aromatic carbocycles. The lowest BCUT2D eigenvalue weighted by molar-refractivity contribution is 0.0890. The Morgan fingerprint density at radius 3 is 2.42 bits per heavy atom. The molecule has 0 rings (SSSR count). The molecule has 0 aliphatic rings. The first-order valence-electron chi connectivity index (χ1n) is 4.21. The van der Waals surface area contributed by atoms with E-state index in [1.165, 1.54) is 0 Å². The molecule has 0 spiro atoms. The SMILES string of the molecule is CC(O)CC(O)CCSCCO. The zero-order chi connectivity index (χ0) is 9.40. The van der Waals surface area contributed by atoms with Gasteiger partial charge in [-0.05, 0) is 25.5 Å².